The fourth-order valence-electron chi connectivity index (χ4n) is 2.49. The topological polar surface area (TPSA) is 59.2 Å². The highest BCUT2D eigenvalue weighted by atomic mass is 19.1. The van der Waals surface area contributed by atoms with Gasteiger partial charge in [0.05, 0.1) is 6.42 Å². The van der Waals surface area contributed by atoms with E-state index in [-0.39, 0.29) is 24.1 Å². The second kappa shape index (κ2) is 5.40. The van der Waals surface area contributed by atoms with Crippen molar-refractivity contribution >= 4 is 5.91 Å². The Bertz CT molecular complexity index is 600. The number of hydrogen-bond donors (Lipinski definition) is 0. The lowest BCUT2D eigenvalue weighted by atomic mass is 10.1. The Hall–Kier alpha value is -2.24. The minimum Gasteiger partial charge on any atom is -0.343 e. The molecule has 0 aliphatic carbocycles. The Morgan fingerprint density at radius 1 is 1.50 bits per heavy atom. The first kappa shape index (κ1) is 12.8. The number of halogens is 1. The monoisotopic (exact) mass is 275 g/mol. The minimum atomic E-state index is -0.318. The molecule has 0 spiro atoms. The molecule has 1 aromatic heterocycles. The number of nitrogens with zero attached hydrogens (tertiary/aromatic N) is 3. The van der Waals surface area contributed by atoms with Crippen LogP contribution in [0.4, 0.5) is 4.39 Å². The molecule has 20 heavy (non-hydrogen) atoms. The zero-order valence-corrected chi connectivity index (χ0v) is 10.8. The molecule has 1 saturated heterocycles. The number of aromatic nitrogens is 2. The van der Waals surface area contributed by atoms with E-state index in [9.17, 15) is 9.18 Å². The number of carbonyl (C=O) groups excluding carboxylic acids is 1. The summed E-state index contributed by atoms with van der Waals surface area (Å²) >= 11 is 0. The lowest BCUT2D eigenvalue weighted by Crippen LogP contribution is -2.30. The van der Waals surface area contributed by atoms with Crippen LogP contribution in [0.15, 0.2) is 35.2 Å². The zero-order valence-electron chi connectivity index (χ0n) is 10.8. The predicted molar refractivity (Wildman–Crippen MR) is 68.3 cm³/mol. The summed E-state index contributed by atoms with van der Waals surface area (Å²) in [5, 5.41) is 3.81. The van der Waals surface area contributed by atoms with E-state index in [1.807, 2.05) is 0 Å². The van der Waals surface area contributed by atoms with Crippen molar-refractivity contribution in [3.63, 3.8) is 0 Å². The normalized spacial score (nSPS) is 18.4. The van der Waals surface area contributed by atoms with Gasteiger partial charge in [-0.05, 0) is 24.1 Å². The van der Waals surface area contributed by atoms with Gasteiger partial charge < -0.3 is 9.42 Å². The molecule has 1 amide bonds. The van der Waals surface area contributed by atoms with Crippen LogP contribution in [0.3, 0.4) is 0 Å². The highest BCUT2D eigenvalue weighted by Gasteiger charge is 2.29. The quantitative estimate of drug-likeness (QED) is 0.856. The summed E-state index contributed by atoms with van der Waals surface area (Å²) in [5.41, 5.74) is 0.693. The van der Waals surface area contributed by atoms with Crippen molar-refractivity contribution in [2.45, 2.75) is 18.8 Å². The summed E-state index contributed by atoms with van der Waals surface area (Å²) in [6, 6.07) is 6.14. The Morgan fingerprint density at radius 3 is 3.15 bits per heavy atom. The van der Waals surface area contributed by atoms with Crippen LogP contribution in [0.2, 0.25) is 0 Å². The van der Waals surface area contributed by atoms with Gasteiger partial charge in [0.25, 0.3) is 0 Å². The van der Waals surface area contributed by atoms with Crippen LogP contribution in [-0.2, 0) is 11.2 Å². The van der Waals surface area contributed by atoms with Gasteiger partial charge >= 0.3 is 0 Å². The first-order chi connectivity index (χ1) is 9.72. The second-order valence-corrected chi connectivity index (χ2v) is 4.92. The largest absolute Gasteiger partial charge is 0.343 e. The van der Waals surface area contributed by atoms with Crippen molar-refractivity contribution < 1.29 is 13.7 Å². The third kappa shape index (κ3) is 2.68. The van der Waals surface area contributed by atoms with Gasteiger partial charge in [-0.15, -0.1) is 0 Å². The molecule has 1 fully saturated rings. The highest BCUT2D eigenvalue weighted by molar-refractivity contribution is 5.79. The fourth-order valence-corrected chi connectivity index (χ4v) is 2.49. The van der Waals surface area contributed by atoms with Gasteiger partial charge in [0.2, 0.25) is 12.3 Å². The molecule has 104 valence electrons. The molecule has 1 aromatic carbocycles. The smallest absolute Gasteiger partial charge is 0.227 e. The van der Waals surface area contributed by atoms with Crippen molar-refractivity contribution in [1.29, 1.82) is 0 Å². The van der Waals surface area contributed by atoms with Crippen molar-refractivity contribution in [1.82, 2.24) is 15.0 Å². The number of hydrogen-bond acceptors (Lipinski definition) is 4. The predicted octanol–water partition coefficient (Wildman–Crippen LogP) is 1.77. The molecule has 2 aromatic rings. The van der Waals surface area contributed by atoms with Gasteiger partial charge in [0.1, 0.15) is 5.82 Å². The molecule has 0 unspecified atom stereocenters. The number of benzene rings is 1. The molecule has 1 aliphatic heterocycles. The molecule has 0 saturated carbocycles. The lowest BCUT2D eigenvalue weighted by Gasteiger charge is -2.15. The molecule has 1 atom stereocenters. The van der Waals surface area contributed by atoms with Gasteiger partial charge in [0.15, 0.2) is 5.82 Å². The molecule has 1 aliphatic rings. The van der Waals surface area contributed by atoms with Crippen molar-refractivity contribution in [3.8, 4) is 0 Å². The SMILES string of the molecule is O=C(Cc1cccc(F)c1)N1CC[C@H](c2ncon2)C1. The van der Waals surface area contributed by atoms with E-state index in [0.29, 0.717) is 24.5 Å². The summed E-state index contributed by atoms with van der Waals surface area (Å²) in [6.45, 7) is 1.26. The Morgan fingerprint density at radius 2 is 2.40 bits per heavy atom. The molecule has 0 N–H and O–H groups in total. The number of amides is 1. The van der Waals surface area contributed by atoms with E-state index >= 15 is 0 Å². The summed E-state index contributed by atoms with van der Waals surface area (Å²) in [5.74, 6) is 0.458. The van der Waals surface area contributed by atoms with Crippen LogP contribution in [-0.4, -0.2) is 34.0 Å². The third-order valence-corrected chi connectivity index (χ3v) is 3.53. The molecule has 0 radical (unpaired) electrons. The van der Waals surface area contributed by atoms with E-state index in [0.717, 1.165) is 6.42 Å². The van der Waals surface area contributed by atoms with Crippen LogP contribution in [0.25, 0.3) is 0 Å². The van der Waals surface area contributed by atoms with Gasteiger partial charge in [-0.25, -0.2) is 4.39 Å². The maximum atomic E-state index is 13.1. The van der Waals surface area contributed by atoms with Gasteiger partial charge in [-0.3, -0.25) is 4.79 Å². The summed E-state index contributed by atoms with van der Waals surface area (Å²) < 4.78 is 17.8. The average Bonchev–Trinajstić information content (AvgIpc) is 3.10. The van der Waals surface area contributed by atoms with Crippen molar-refractivity contribution in [2.24, 2.45) is 0 Å². The van der Waals surface area contributed by atoms with Crippen LogP contribution < -0.4 is 0 Å². The van der Waals surface area contributed by atoms with Crippen LogP contribution >= 0.6 is 0 Å². The minimum absolute atomic E-state index is 0.00148. The lowest BCUT2D eigenvalue weighted by molar-refractivity contribution is -0.129. The van der Waals surface area contributed by atoms with Crippen LogP contribution in [0.1, 0.15) is 23.7 Å². The standard InChI is InChI=1S/C14H14FN3O2/c15-12-3-1-2-10(6-12)7-13(19)18-5-4-11(8-18)14-16-9-20-17-14/h1-3,6,9,11H,4-5,7-8H2/t11-/m0/s1. The highest BCUT2D eigenvalue weighted by Crippen LogP contribution is 2.24. The Labute approximate surface area is 115 Å². The van der Waals surface area contributed by atoms with E-state index in [4.69, 9.17) is 4.52 Å². The van der Waals surface area contributed by atoms with Gasteiger partial charge in [-0.1, -0.05) is 17.3 Å². The van der Waals surface area contributed by atoms with E-state index < -0.39 is 0 Å². The fraction of sp³-hybridized carbons (Fsp3) is 0.357. The molecule has 0 bridgehead atoms. The van der Waals surface area contributed by atoms with Crippen molar-refractivity contribution in [2.75, 3.05) is 13.1 Å². The average molecular weight is 275 g/mol. The van der Waals surface area contributed by atoms with Crippen LogP contribution in [0, 0.1) is 5.82 Å². The molecule has 5 nitrogen and oxygen atoms in total. The Kier molecular flexibility index (Phi) is 3.45. The molecular weight excluding hydrogens is 261 g/mol. The first-order valence-electron chi connectivity index (χ1n) is 6.51. The van der Waals surface area contributed by atoms with E-state index in [2.05, 4.69) is 10.1 Å². The maximum absolute atomic E-state index is 13.1. The number of carbonyl (C=O) groups is 1. The zero-order chi connectivity index (χ0) is 13.9. The van der Waals surface area contributed by atoms with Crippen LogP contribution in [0.5, 0.6) is 0 Å². The van der Waals surface area contributed by atoms with Gasteiger partial charge in [0, 0.05) is 19.0 Å². The molecular formula is C14H14FN3O2. The molecule has 3 rings (SSSR count). The first-order valence-corrected chi connectivity index (χ1v) is 6.51. The summed E-state index contributed by atoms with van der Waals surface area (Å²) in [7, 11) is 0. The van der Waals surface area contributed by atoms with E-state index in [1.165, 1.54) is 18.5 Å². The summed E-state index contributed by atoms with van der Waals surface area (Å²) in [4.78, 5) is 18.0. The maximum Gasteiger partial charge on any atom is 0.227 e. The number of rotatable bonds is 3. The van der Waals surface area contributed by atoms with E-state index in [1.54, 1.807) is 17.0 Å². The molecule has 2 heterocycles. The van der Waals surface area contributed by atoms with Gasteiger partial charge in [-0.2, -0.15) is 4.98 Å². The van der Waals surface area contributed by atoms with Crippen molar-refractivity contribution in [3.05, 3.63) is 47.9 Å². The molecule has 6 heteroatoms. The summed E-state index contributed by atoms with van der Waals surface area (Å²) in [6.07, 6.45) is 2.34. The number of likely N-dealkylation sites (tertiary alicyclic amines) is 1. The third-order valence-electron chi connectivity index (χ3n) is 3.53. The second-order valence-electron chi connectivity index (χ2n) is 4.92. The Balaban J connectivity index is 1.61.